The molecular formula is C46H55Br2Cl2FN12O3. The quantitative estimate of drug-likeness (QED) is 0.107. The molecule has 0 amide bonds. The van der Waals surface area contributed by atoms with Gasteiger partial charge in [-0.3, -0.25) is 15.1 Å². The van der Waals surface area contributed by atoms with Crippen molar-refractivity contribution in [3.63, 3.8) is 0 Å². The summed E-state index contributed by atoms with van der Waals surface area (Å²) in [7, 11) is 0. The van der Waals surface area contributed by atoms with Crippen LogP contribution >= 0.6 is 55.1 Å². The van der Waals surface area contributed by atoms with Crippen LogP contribution < -0.4 is 9.80 Å². The van der Waals surface area contributed by atoms with Crippen LogP contribution in [0.15, 0.2) is 64.3 Å². The Kier molecular flexibility index (Phi) is 16.3. The fraction of sp³-hybridized carbons (Fsp3) is 0.522. The summed E-state index contributed by atoms with van der Waals surface area (Å²) in [6.07, 6.45) is 9.42. The average Bonchev–Trinajstić information content (AvgIpc) is 4.12. The number of nitrogens with one attached hydrogen (secondary N) is 2. The second-order valence-electron chi connectivity index (χ2n) is 17.3. The molecule has 10 rings (SSSR count). The molecule has 0 bridgehead atoms. The Labute approximate surface area is 410 Å². The van der Waals surface area contributed by atoms with Crippen molar-refractivity contribution in [3.8, 4) is 0 Å². The lowest BCUT2D eigenvalue weighted by Gasteiger charge is -2.37. The van der Waals surface area contributed by atoms with Crippen LogP contribution in [-0.2, 0) is 14.2 Å². The van der Waals surface area contributed by atoms with Gasteiger partial charge in [-0.05, 0) is 131 Å². The highest BCUT2D eigenvalue weighted by Gasteiger charge is 2.32. The highest BCUT2D eigenvalue weighted by molar-refractivity contribution is 9.10. The molecular weight excluding hydrogens is 1020 g/mol. The molecule has 0 spiro atoms. The molecule has 20 heteroatoms. The highest BCUT2D eigenvalue weighted by Crippen LogP contribution is 2.39. The number of fused-ring (bicyclic) bond motifs is 2. The zero-order valence-electron chi connectivity index (χ0n) is 36.7. The van der Waals surface area contributed by atoms with Gasteiger partial charge >= 0.3 is 0 Å². The van der Waals surface area contributed by atoms with Gasteiger partial charge < -0.3 is 28.9 Å². The molecule has 0 saturated carbocycles. The van der Waals surface area contributed by atoms with Gasteiger partial charge in [0.25, 0.3) is 0 Å². The minimum Gasteiger partial charge on any atom is -0.379 e. The van der Waals surface area contributed by atoms with Crippen LogP contribution in [0.4, 0.5) is 16.0 Å². The molecule has 0 aliphatic carbocycles. The third-order valence-corrected chi connectivity index (χ3v) is 15.0. The number of hydrogen-bond acceptors (Lipinski definition) is 13. The Balaban J connectivity index is 0.000000166. The number of ether oxygens (including phenoxy) is 3. The lowest BCUT2D eigenvalue weighted by Crippen LogP contribution is -2.39. The zero-order valence-corrected chi connectivity index (χ0v) is 41.4. The van der Waals surface area contributed by atoms with Gasteiger partial charge in [0, 0.05) is 57.4 Å². The third kappa shape index (κ3) is 11.5. The summed E-state index contributed by atoms with van der Waals surface area (Å²) in [6, 6.07) is 13.2. The standard InChI is InChI=1S/C23H27BrClFN6O.C23H28BrClN6O2/c24-21-19-22(30-29-21)27-14-28-23(19)32-9-5-15(6-10-32)20(16-3-4-17(25)18(26)13-16)33-12-11-31-7-1-2-8-31;24-21-19-22(29-28-21)26-15-27-23(19)31-7-5-17(6-8-31)20(16-1-3-18(25)4-2-16)33-14-11-30-9-12-32-13-10-30/h3-4,13-15,20H,1-2,5-12H2,(H,27,28,29,30);1-4,15,17,20H,5-14H2,(H,26,27,28,29)/t2*20-/m10/s1. The molecule has 4 aliphatic heterocycles. The number of halogens is 5. The molecule has 66 heavy (non-hydrogen) atoms. The summed E-state index contributed by atoms with van der Waals surface area (Å²) >= 11 is 19.2. The van der Waals surface area contributed by atoms with Crippen molar-refractivity contribution < 1.29 is 18.6 Å². The second kappa shape index (κ2) is 22.7. The predicted octanol–water partition coefficient (Wildman–Crippen LogP) is 9.05. The van der Waals surface area contributed by atoms with E-state index in [9.17, 15) is 4.39 Å². The zero-order chi connectivity index (χ0) is 45.4. The predicted molar refractivity (Wildman–Crippen MR) is 262 cm³/mol. The molecule has 2 atom stereocenters. The van der Waals surface area contributed by atoms with E-state index in [1.165, 1.54) is 24.5 Å². The number of H-pyrrole nitrogens is 2. The number of morpholine rings is 1. The van der Waals surface area contributed by atoms with Crippen molar-refractivity contribution in [1.29, 1.82) is 0 Å². The summed E-state index contributed by atoms with van der Waals surface area (Å²) in [5, 5.41) is 17.1. The molecule has 6 aromatic rings. The smallest absolute Gasteiger partial charge is 0.187 e. The maximum absolute atomic E-state index is 14.3. The molecule has 4 aromatic heterocycles. The topological polar surface area (TPSA) is 150 Å². The van der Waals surface area contributed by atoms with E-state index in [2.05, 4.69) is 104 Å². The van der Waals surface area contributed by atoms with Gasteiger partial charge in [0.15, 0.2) is 11.3 Å². The average molecular weight is 1070 g/mol. The van der Waals surface area contributed by atoms with E-state index in [-0.39, 0.29) is 23.1 Å². The Morgan fingerprint density at radius 1 is 0.652 bits per heavy atom. The molecule has 4 saturated heterocycles. The number of aromatic amines is 2. The maximum atomic E-state index is 14.3. The lowest BCUT2D eigenvalue weighted by molar-refractivity contribution is -0.0232. The summed E-state index contributed by atoms with van der Waals surface area (Å²) in [4.78, 5) is 27.0. The minimum absolute atomic E-state index is 0.0523. The molecule has 4 fully saturated rings. The number of rotatable bonds is 14. The first-order chi connectivity index (χ1) is 32.3. The van der Waals surface area contributed by atoms with E-state index in [4.69, 9.17) is 37.4 Å². The van der Waals surface area contributed by atoms with E-state index in [1.54, 1.807) is 18.7 Å². The Bertz CT molecular complexity index is 2490. The first kappa shape index (κ1) is 47.5. The van der Waals surface area contributed by atoms with Gasteiger partial charge in [-0.2, -0.15) is 10.2 Å². The van der Waals surface area contributed by atoms with Crippen molar-refractivity contribution in [1.82, 2.24) is 50.1 Å². The molecule has 4 aliphatic rings. The Morgan fingerprint density at radius 3 is 1.65 bits per heavy atom. The molecule has 2 aromatic carbocycles. The van der Waals surface area contributed by atoms with Crippen molar-refractivity contribution >= 4 is 88.8 Å². The van der Waals surface area contributed by atoms with Crippen molar-refractivity contribution in [2.45, 2.75) is 50.7 Å². The number of aromatic nitrogens is 8. The van der Waals surface area contributed by atoms with Crippen molar-refractivity contribution in [2.24, 2.45) is 11.8 Å². The fourth-order valence-electron chi connectivity index (χ4n) is 9.72. The molecule has 352 valence electrons. The monoisotopic (exact) mass is 1070 g/mol. The van der Waals surface area contributed by atoms with Gasteiger partial charge in [-0.1, -0.05) is 41.4 Å². The first-order valence-corrected chi connectivity index (χ1v) is 25.3. The highest BCUT2D eigenvalue weighted by atomic mass is 79.9. The summed E-state index contributed by atoms with van der Waals surface area (Å²) in [5.74, 6) is 2.12. The van der Waals surface area contributed by atoms with Crippen LogP contribution in [0.2, 0.25) is 10.0 Å². The number of hydrogen-bond donors (Lipinski definition) is 2. The van der Waals surface area contributed by atoms with Crippen LogP contribution in [0.5, 0.6) is 0 Å². The van der Waals surface area contributed by atoms with Gasteiger partial charge in [0.1, 0.15) is 39.3 Å². The van der Waals surface area contributed by atoms with Gasteiger partial charge in [-0.15, -0.1) is 0 Å². The first-order valence-electron chi connectivity index (χ1n) is 22.9. The van der Waals surface area contributed by atoms with Gasteiger partial charge in [-0.25, -0.2) is 24.3 Å². The lowest BCUT2D eigenvalue weighted by atomic mass is 9.87. The fourth-order valence-corrected chi connectivity index (χ4v) is 10.8. The summed E-state index contributed by atoms with van der Waals surface area (Å²) in [6.45, 7) is 12.5. The normalized spacial score (nSPS) is 19.1. The molecule has 2 N–H and O–H groups in total. The van der Waals surface area contributed by atoms with Crippen molar-refractivity contribution in [3.05, 3.63) is 91.3 Å². The number of nitrogens with zero attached hydrogens (tertiary/aromatic N) is 10. The van der Waals surface area contributed by atoms with Crippen LogP contribution in [0.3, 0.4) is 0 Å². The van der Waals surface area contributed by atoms with E-state index < -0.39 is 5.82 Å². The summed E-state index contributed by atoms with van der Waals surface area (Å²) in [5.41, 5.74) is 3.38. The maximum Gasteiger partial charge on any atom is 0.187 e. The SMILES string of the molecule is Clc1ccc([C@H](OCCN2CCOCC2)C2CCN(c3ncnc4n[nH]c(Br)c34)CC2)cc1.Fc1cc([C@H](OCCN2CCCC2)C2CCN(c3ncnc4n[nH]c(Br)c34)CC2)ccc1Cl. The molecule has 15 nitrogen and oxygen atoms in total. The number of anilines is 2. The third-order valence-electron chi connectivity index (χ3n) is 13.3. The Morgan fingerprint density at radius 2 is 1.14 bits per heavy atom. The van der Waals surface area contributed by atoms with E-state index in [1.807, 2.05) is 18.2 Å². The molecule has 8 heterocycles. The van der Waals surface area contributed by atoms with E-state index in [0.29, 0.717) is 30.4 Å². The van der Waals surface area contributed by atoms with Crippen LogP contribution in [0.1, 0.15) is 61.9 Å². The second-order valence-corrected chi connectivity index (χ2v) is 19.8. The largest absolute Gasteiger partial charge is 0.379 e. The van der Waals surface area contributed by atoms with Crippen LogP contribution in [0, 0.1) is 17.7 Å². The van der Waals surface area contributed by atoms with Gasteiger partial charge in [0.2, 0.25) is 0 Å². The van der Waals surface area contributed by atoms with E-state index >= 15 is 0 Å². The van der Waals surface area contributed by atoms with Gasteiger partial charge in [0.05, 0.1) is 54.4 Å². The number of piperidine rings is 2. The van der Waals surface area contributed by atoms with Crippen molar-refractivity contribution in [2.75, 3.05) is 102 Å². The number of likely N-dealkylation sites (tertiary alicyclic amines) is 1. The van der Waals surface area contributed by atoms with Crippen LogP contribution in [0.25, 0.3) is 22.1 Å². The minimum atomic E-state index is -0.395. The Hall–Kier alpha value is -3.59. The summed E-state index contributed by atoms with van der Waals surface area (Å²) < 4.78 is 34.3. The molecule has 0 unspecified atom stereocenters. The molecule has 0 radical (unpaired) electrons. The van der Waals surface area contributed by atoms with Crippen LogP contribution in [-0.4, -0.2) is 142 Å². The number of benzene rings is 2. The van der Waals surface area contributed by atoms with E-state index in [0.717, 1.165) is 147 Å².